The van der Waals surface area contributed by atoms with Crippen molar-refractivity contribution in [1.29, 1.82) is 5.26 Å². The average molecular weight is 234 g/mol. The minimum Gasteiger partial charge on any atom is -0.299 e. The number of hydrogen-bond donors (Lipinski definition) is 1. The monoisotopic (exact) mass is 234 g/mol. The van der Waals surface area contributed by atoms with Crippen molar-refractivity contribution in [3.05, 3.63) is 0 Å². The highest BCUT2D eigenvalue weighted by Gasteiger charge is 2.28. The average Bonchev–Trinajstić information content (AvgIpc) is 2.37. The van der Waals surface area contributed by atoms with Gasteiger partial charge in [0.25, 0.3) is 0 Å². The Hall–Kier alpha value is -0.550. The number of hydrogen-bond acceptors (Lipinski definition) is 2. The highest BCUT2D eigenvalue weighted by Crippen LogP contribution is 2.31. The maximum Gasteiger partial charge on any atom is 0.0983 e. The number of nitriles is 1. The van der Waals surface area contributed by atoms with Crippen molar-refractivity contribution in [2.75, 3.05) is 0 Å². The number of nitrogens with zero attached hydrogens (tertiary/aromatic N) is 1. The van der Waals surface area contributed by atoms with Crippen LogP contribution in [0.3, 0.4) is 0 Å². The van der Waals surface area contributed by atoms with E-state index in [1.165, 1.54) is 57.8 Å². The first-order valence-corrected chi connectivity index (χ1v) is 7.45. The molecule has 2 fully saturated rings. The molecular weight excluding hydrogens is 208 g/mol. The van der Waals surface area contributed by atoms with E-state index in [9.17, 15) is 5.26 Å². The largest absolute Gasteiger partial charge is 0.299 e. The summed E-state index contributed by atoms with van der Waals surface area (Å²) in [5.41, 5.74) is 0. The third-order valence-corrected chi connectivity index (χ3v) is 4.61. The van der Waals surface area contributed by atoms with Crippen molar-refractivity contribution in [3.63, 3.8) is 0 Å². The lowest BCUT2D eigenvalue weighted by molar-refractivity contribution is 0.226. The smallest absolute Gasteiger partial charge is 0.0983 e. The first-order valence-electron chi connectivity index (χ1n) is 7.45. The number of rotatable bonds is 3. The zero-order valence-corrected chi connectivity index (χ0v) is 11.1. The molecule has 2 aliphatic carbocycles. The van der Waals surface area contributed by atoms with Gasteiger partial charge in [-0.25, -0.2) is 0 Å². The summed E-state index contributed by atoms with van der Waals surface area (Å²) < 4.78 is 0. The standard InChI is InChI=1S/C15H26N2/c1-12-6-5-7-13(10-12)15(11-16)17-14-8-3-2-4-9-14/h12-15,17H,2-10H2,1H3. The highest BCUT2D eigenvalue weighted by atomic mass is 15.0. The molecule has 0 saturated heterocycles. The summed E-state index contributed by atoms with van der Waals surface area (Å²) in [6.45, 7) is 2.33. The molecular formula is C15H26N2. The van der Waals surface area contributed by atoms with E-state index in [1.54, 1.807) is 0 Å². The van der Waals surface area contributed by atoms with Crippen LogP contribution in [-0.4, -0.2) is 12.1 Å². The van der Waals surface area contributed by atoms with Crippen LogP contribution in [0.5, 0.6) is 0 Å². The molecule has 0 aromatic carbocycles. The minimum atomic E-state index is 0.112. The molecule has 0 spiro atoms. The Labute approximate surface area is 106 Å². The van der Waals surface area contributed by atoms with Crippen molar-refractivity contribution < 1.29 is 0 Å². The topological polar surface area (TPSA) is 35.8 Å². The van der Waals surface area contributed by atoms with Gasteiger partial charge in [-0.2, -0.15) is 5.26 Å². The summed E-state index contributed by atoms with van der Waals surface area (Å²) in [5, 5.41) is 13.0. The molecule has 0 aliphatic heterocycles. The molecule has 0 amide bonds. The molecule has 2 heteroatoms. The van der Waals surface area contributed by atoms with Crippen molar-refractivity contribution in [3.8, 4) is 6.07 Å². The number of nitrogens with one attached hydrogen (secondary N) is 1. The van der Waals surface area contributed by atoms with Crippen LogP contribution >= 0.6 is 0 Å². The van der Waals surface area contributed by atoms with E-state index in [1.807, 2.05) is 0 Å². The van der Waals surface area contributed by atoms with Gasteiger partial charge in [0.05, 0.1) is 12.1 Å². The van der Waals surface area contributed by atoms with Gasteiger partial charge in [-0.15, -0.1) is 0 Å². The van der Waals surface area contributed by atoms with Crippen LogP contribution in [-0.2, 0) is 0 Å². The summed E-state index contributed by atoms with van der Waals surface area (Å²) in [4.78, 5) is 0. The van der Waals surface area contributed by atoms with E-state index in [0.717, 1.165) is 5.92 Å². The Morgan fingerprint density at radius 3 is 2.47 bits per heavy atom. The first-order chi connectivity index (χ1) is 8.29. The molecule has 0 bridgehead atoms. The van der Waals surface area contributed by atoms with Gasteiger partial charge in [-0.1, -0.05) is 39.0 Å². The van der Waals surface area contributed by atoms with Gasteiger partial charge in [-0.3, -0.25) is 5.32 Å². The fourth-order valence-electron chi connectivity index (χ4n) is 3.59. The Kier molecular flexibility index (Phi) is 4.86. The Bertz CT molecular complexity index is 263. The van der Waals surface area contributed by atoms with E-state index in [-0.39, 0.29) is 6.04 Å². The second-order valence-corrected chi connectivity index (χ2v) is 6.14. The van der Waals surface area contributed by atoms with Crippen molar-refractivity contribution in [2.45, 2.75) is 76.8 Å². The second-order valence-electron chi connectivity index (χ2n) is 6.14. The SMILES string of the molecule is CC1CCCC(C(C#N)NC2CCCCC2)C1. The maximum absolute atomic E-state index is 9.38. The zero-order chi connectivity index (χ0) is 12.1. The van der Waals surface area contributed by atoms with Gasteiger partial charge >= 0.3 is 0 Å². The van der Waals surface area contributed by atoms with E-state index in [2.05, 4.69) is 18.3 Å². The van der Waals surface area contributed by atoms with Crippen molar-refractivity contribution in [1.82, 2.24) is 5.32 Å². The lowest BCUT2D eigenvalue weighted by atomic mass is 9.78. The maximum atomic E-state index is 9.38. The molecule has 0 heterocycles. The Morgan fingerprint density at radius 2 is 1.82 bits per heavy atom. The summed E-state index contributed by atoms with van der Waals surface area (Å²) in [7, 11) is 0. The highest BCUT2D eigenvalue weighted by molar-refractivity contribution is 4.98. The molecule has 17 heavy (non-hydrogen) atoms. The third-order valence-electron chi connectivity index (χ3n) is 4.61. The molecule has 3 unspecified atom stereocenters. The van der Waals surface area contributed by atoms with E-state index < -0.39 is 0 Å². The van der Waals surface area contributed by atoms with Gasteiger partial charge in [0.1, 0.15) is 0 Å². The second kappa shape index (κ2) is 6.40. The lowest BCUT2D eigenvalue weighted by Crippen LogP contribution is -2.44. The van der Waals surface area contributed by atoms with Gasteiger partial charge in [-0.05, 0) is 37.5 Å². The van der Waals surface area contributed by atoms with Gasteiger partial charge in [0.15, 0.2) is 0 Å². The molecule has 2 nitrogen and oxygen atoms in total. The first kappa shape index (κ1) is 12.9. The van der Waals surface area contributed by atoms with Crippen LogP contribution in [0, 0.1) is 23.2 Å². The fourth-order valence-corrected chi connectivity index (χ4v) is 3.59. The van der Waals surface area contributed by atoms with Crippen LogP contribution in [0.25, 0.3) is 0 Å². The minimum absolute atomic E-state index is 0.112. The van der Waals surface area contributed by atoms with Crippen LogP contribution in [0.15, 0.2) is 0 Å². The van der Waals surface area contributed by atoms with Crippen molar-refractivity contribution in [2.24, 2.45) is 11.8 Å². The molecule has 2 saturated carbocycles. The molecule has 0 aromatic heterocycles. The van der Waals surface area contributed by atoms with E-state index >= 15 is 0 Å². The molecule has 0 aromatic rings. The predicted octanol–water partition coefficient (Wildman–Crippen LogP) is 3.63. The molecule has 0 radical (unpaired) electrons. The molecule has 2 aliphatic rings. The van der Waals surface area contributed by atoms with Crippen molar-refractivity contribution >= 4 is 0 Å². The summed E-state index contributed by atoms with van der Waals surface area (Å²) in [6.07, 6.45) is 11.8. The van der Waals surface area contributed by atoms with Gasteiger partial charge in [0, 0.05) is 6.04 Å². The summed E-state index contributed by atoms with van der Waals surface area (Å²) >= 11 is 0. The predicted molar refractivity (Wildman–Crippen MR) is 70.5 cm³/mol. The molecule has 2 rings (SSSR count). The van der Waals surface area contributed by atoms with E-state index in [0.29, 0.717) is 12.0 Å². The normalized spacial score (nSPS) is 32.9. The summed E-state index contributed by atoms with van der Waals surface area (Å²) in [6, 6.07) is 3.26. The van der Waals surface area contributed by atoms with Crippen LogP contribution in [0.1, 0.15) is 64.7 Å². The van der Waals surface area contributed by atoms with Gasteiger partial charge < -0.3 is 0 Å². The Morgan fingerprint density at radius 1 is 1.06 bits per heavy atom. The molecule has 3 atom stereocenters. The molecule has 96 valence electrons. The summed E-state index contributed by atoms with van der Waals surface area (Å²) in [5.74, 6) is 1.42. The van der Waals surface area contributed by atoms with Crippen LogP contribution in [0.2, 0.25) is 0 Å². The lowest BCUT2D eigenvalue weighted by Gasteiger charge is -2.33. The third kappa shape index (κ3) is 3.71. The fraction of sp³-hybridized carbons (Fsp3) is 0.933. The Balaban J connectivity index is 1.84. The van der Waals surface area contributed by atoms with Crippen LogP contribution in [0.4, 0.5) is 0 Å². The van der Waals surface area contributed by atoms with Gasteiger partial charge in [0.2, 0.25) is 0 Å². The quantitative estimate of drug-likeness (QED) is 0.809. The molecule has 1 N–H and O–H groups in total. The zero-order valence-electron chi connectivity index (χ0n) is 11.1. The van der Waals surface area contributed by atoms with E-state index in [4.69, 9.17) is 0 Å². The van der Waals surface area contributed by atoms with Crippen LogP contribution < -0.4 is 5.32 Å².